The first-order valence-corrected chi connectivity index (χ1v) is 10.4. The van der Waals surface area contributed by atoms with Crippen LogP contribution in [0.5, 0.6) is 11.5 Å². The van der Waals surface area contributed by atoms with E-state index in [1.807, 2.05) is 36.1 Å². The van der Waals surface area contributed by atoms with E-state index in [9.17, 15) is 9.59 Å². The molecule has 1 saturated heterocycles. The summed E-state index contributed by atoms with van der Waals surface area (Å²) < 4.78 is 10.7. The van der Waals surface area contributed by atoms with E-state index in [4.69, 9.17) is 21.1 Å². The summed E-state index contributed by atoms with van der Waals surface area (Å²) in [6.45, 7) is 3.34. The molecule has 0 radical (unpaired) electrons. The Morgan fingerprint density at radius 2 is 1.97 bits per heavy atom. The molecule has 2 aromatic rings. The number of rotatable bonds is 5. The maximum atomic E-state index is 13.0. The van der Waals surface area contributed by atoms with Crippen LogP contribution in [-0.4, -0.2) is 36.5 Å². The summed E-state index contributed by atoms with van der Waals surface area (Å²) in [5.74, 6) is 1.52. The van der Waals surface area contributed by atoms with Crippen molar-refractivity contribution in [1.82, 2.24) is 4.90 Å². The van der Waals surface area contributed by atoms with Gasteiger partial charge in [-0.25, -0.2) is 0 Å². The largest absolute Gasteiger partial charge is 0.454 e. The van der Waals surface area contributed by atoms with Crippen LogP contribution in [0.15, 0.2) is 36.4 Å². The van der Waals surface area contributed by atoms with Crippen LogP contribution in [-0.2, 0) is 11.2 Å². The Balaban J connectivity index is 1.36. The highest BCUT2D eigenvalue weighted by Gasteiger charge is 2.29. The standard InChI is InChI=1S/C23H24ClNO4/c1-15-11-18(24)6-7-19(15)23(27)17-3-2-10-25(13-17)22(26)9-5-16-4-8-20-21(12-16)29-14-28-20/h4,6-8,11-12,17H,2-3,5,9-10,13-14H2,1H3/t17-/m0/s1. The molecule has 2 heterocycles. The summed E-state index contributed by atoms with van der Waals surface area (Å²) in [5, 5.41) is 0.628. The molecule has 0 spiro atoms. The molecular formula is C23H24ClNO4. The van der Waals surface area contributed by atoms with Crippen molar-refractivity contribution in [2.45, 2.75) is 32.6 Å². The van der Waals surface area contributed by atoms with E-state index in [1.54, 1.807) is 12.1 Å². The van der Waals surface area contributed by atoms with E-state index in [0.29, 0.717) is 36.5 Å². The molecule has 0 unspecified atom stereocenters. The maximum Gasteiger partial charge on any atom is 0.231 e. The fourth-order valence-electron chi connectivity index (χ4n) is 4.05. The van der Waals surface area contributed by atoms with Gasteiger partial charge in [0.15, 0.2) is 17.3 Å². The highest BCUT2D eigenvalue weighted by molar-refractivity contribution is 6.30. The summed E-state index contributed by atoms with van der Waals surface area (Å²) in [4.78, 5) is 27.6. The number of ketones is 1. The van der Waals surface area contributed by atoms with Gasteiger partial charge in [0.25, 0.3) is 0 Å². The lowest BCUT2D eigenvalue weighted by Crippen LogP contribution is -2.42. The second kappa shape index (κ2) is 8.46. The van der Waals surface area contributed by atoms with Gasteiger partial charge in [-0.05, 0) is 67.6 Å². The van der Waals surface area contributed by atoms with Gasteiger partial charge in [-0.3, -0.25) is 9.59 Å². The van der Waals surface area contributed by atoms with E-state index in [1.165, 1.54) is 0 Å². The van der Waals surface area contributed by atoms with Gasteiger partial charge in [-0.15, -0.1) is 0 Å². The molecule has 1 atom stereocenters. The van der Waals surface area contributed by atoms with Crippen LogP contribution in [0, 0.1) is 12.8 Å². The smallest absolute Gasteiger partial charge is 0.231 e. The zero-order chi connectivity index (χ0) is 20.4. The van der Waals surface area contributed by atoms with Crippen molar-refractivity contribution in [3.8, 4) is 11.5 Å². The van der Waals surface area contributed by atoms with E-state index in [2.05, 4.69) is 0 Å². The van der Waals surface area contributed by atoms with Gasteiger partial charge < -0.3 is 14.4 Å². The number of hydrogen-bond donors (Lipinski definition) is 0. The van der Waals surface area contributed by atoms with Crippen LogP contribution in [0.3, 0.4) is 0 Å². The number of amides is 1. The number of Topliss-reactive ketones (excluding diaryl/α,β-unsaturated/α-hetero) is 1. The van der Waals surface area contributed by atoms with Gasteiger partial charge in [-0.2, -0.15) is 0 Å². The molecule has 5 nitrogen and oxygen atoms in total. The Hall–Kier alpha value is -2.53. The van der Waals surface area contributed by atoms with Crippen molar-refractivity contribution in [2.75, 3.05) is 19.9 Å². The third kappa shape index (κ3) is 4.40. The molecule has 1 fully saturated rings. The van der Waals surface area contributed by atoms with Crippen molar-refractivity contribution >= 4 is 23.3 Å². The normalized spacial score (nSPS) is 18.0. The first-order chi connectivity index (χ1) is 14.0. The lowest BCUT2D eigenvalue weighted by Gasteiger charge is -2.32. The minimum atomic E-state index is -0.155. The van der Waals surface area contributed by atoms with Gasteiger partial charge in [0.1, 0.15) is 0 Å². The number of carbonyl (C=O) groups excluding carboxylic acids is 2. The zero-order valence-corrected chi connectivity index (χ0v) is 17.2. The molecule has 29 heavy (non-hydrogen) atoms. The highest BCUT2D eigenvalue weighted by Crippen LogP contribution is 2.33. The fraction of sp³-hybridized carbons (Fsp3) is 0.391. The minimum Gasteiger partial charge on any atom is -0.454 e. The second-order valence-corrected chi connectivity index (χ2v) is 8.13. The molecule has 0 N–H and O–H groups in total. The number of hydrogen-bond acceptors (Lipinski definition) is 4. The Bertz CT molecular complexity index is 942. The Morgan fingerprint density at radius 3 is 2.79 bits per heavy atom. The number of piperidine rings is 1. The molecule has 2 aromatic carbocycles. The maximum absolute atomic E-state index is 13.0. The number of likely N-dealkylation sites (tertiary alicyclic amines) is 1. The number of aryl methyl sites for hydroxylation is 2. The first-order valence-electron chi connectivity index (χ1n) is 9.98. The Labute approximate surface area is 175 Å². The van der Waals surface area contributed by atoms with E-state index < -0.39 is 0 Å². The van der Waals surface area contributed by atoms with Crippen molar-refractivity contribution < 1.29 is 19.1 Å². The average Bonchev–Trinajstić information content (AvgIpc) is 3.19. The van der Waals surface area contributed by atoms with Crippen LogP contribution in [0.1, 0.15) is 40.7 Å². The number of nitrogens with zero attached hydrogens (tertiary/aromatic N) is 1. The molecule has 6 heteroatoms. The van der Waals surface area contributed by atoms with Crippen molar-refractivity contribution in [1.29, 1.82) is 0 Å². The second-order valence-electron chi connectivity index (χ2n) is 7.69. The summed E-state index contributed by atoms with van der Waals surface area (Å²) in [7, 11) is 0. The minimum absolute atomic E-state index is 0.0907. The van der Waals surface area contributed by atoms with E-state index >= 15 is 0 Å². The lowest BCUT2D eigenvalue weighted by atomic mass is 9.88. The molecule has 0 aliphatic carbocycles. The molecule has 2 aliphatic heterocycles. The molecule has 0 saturated carbocycles. The van der Waals surface area contributed by atoms with Crippen molar-refractivity contribution in [2.24, 2.45) is 5.92 Å². The predicted octanol–water partition coefficient (Wildman–Crippen LogP) is 4.43. The van der Waals surface area contributed by atoms with Crippen LogP contribution in [0.2, 0.25) is 5.02 Å². The number of carbonyl (C=O) groups is 2. The van der Waals surface area contributed by atoms with Gasteiger partial charge >= 0.3 is 0 Å². The molecule has 0 bridgehead atoms. The number of ether oxygens (including phenoxy) is 2. The Kier molecular flexibility index (Phi) is 5.76. The van der Waals surface area contributed by atoms with Gasteiger partial charge in [0, 0.05) is 36.0 Å². The third-order valence-electron chi connectivity index (χ3n) is 5.66. The van der Waals surface area contributed by atoms with Gasteiger partial charge in [0.05, 0.1) is 0 Å². The Morgan fingerprint density at radius 1 is 1.14 bits per heavy atom. The monoisotopic (exact) mass is 413 g/mol. The van der Waals surface area contributed by atoms with E-state index in [-0.39, 0.29) is 24.4 Å². The van der Waals surface area contributed by atoms with Crippen LogP contribution < -0.4 is 9.47 Å². The summed E-state index contributed by atoms with van der Waals surface area (Å²) in [6, 6.07) is 11.1. The topological polar surface area (TPSA) is 55.8 Å². The van der Waals surface area contributed by atoms with E-state index in [0.717, 1.165) is 35.5 Å². The van der Waals surface area contributed by atoms with Crippen molar-refractivity contribution in [3.05, 3.63) is 58.1 Å². The summed E-state index contributed by atoms with van der Waals surface area (Å²) in [5.41, 5.74) is 2.63. The highest BCUT2D eigenvalue weighted by atomic mass is 35.5. The zero-order valence-electron chi connectivity index (χ0n) is 16.4. The molecule has 1 amide bonds. The fourth-order valence-corrected chi connectivity index (χ4v) is 4.27. The number of benzene rings is 2. The quantitative estimate of drug-likeness (QED) is 0.680. The van der Waals surface area contributed by atoms with Crippen LogP contribution in [0.4, 0.5) is 0 Å². The SMILES string of the molecule is Cc1cc(Cl)ccc1C(=O)[C@H]1CCCN(C(=O)CCc2ccc3c(c2)OCO3)C1. The summed E-state index contributed by atoms with van der Waals surface area (Å²) >= 11 is 6.01. The van der Waals surface area contributed by atoms with Crippen LogP contribution in [0.25, 0.3) is 0 Å². The molecule has 152 valence electrons. The molecular weight excluding hydrogens is 390 g/mol. The average molecular weight is 414 g/mol. The van der Waals surface area contributed by atoms with Crippen LogP contribution >= 0.6 is 11.6 Å². The van der Waals surface area contributed by atoms with Gasteiger partial charge in [0.2, 0.25) is 12.7 Å². The third-order valence-corrected chi connectivity index (χ3v) is 5.90. The predicted molar refractivity (Wildman–Crippen MR) is 111 cm³/mol. The molecule has 2 aliphatic rings. The molecule has 0 aromatic heterocycles. The number of fused-ring (bicyclic) bond motifs is 1. The first kappa shape index (κ1) is 19.8. The summed E-state index contributed by atoms with van der Waals surface area (Å²) in [6.07, 6.45) is 2.72. The molecule has 4 rings (SSSR count). The van der Waals surface area contributed by atoms with Crippen molar-refractivity contribution in [3.63, 3.8) is 0 Å². The van der Waals surface area contributed by atoms with Gasteiger partial charge in [-0.1, -0.05) is 17.7 Å². The lowest BCUT2D eigenvalue weighted by molar-refractivity contribution is -0.132. The number of halogens is 1.